The number of hydrogen-bond acceptors (Lipinski definition) is 3. The average molecular weight is 453 g/mol. The summed E-state index contributed by atoms with van der Waals surface area (Å²) in [5.41, 5.74) is 0. The molecule has 182 valence electrons. The molecular weight excluding hydrogens is 397 g/mol. The largest absolute Gasteiger partial charge is 0.229 e. The van der Waals surface area contributed by atoms with Crippen molar-refractivity contribution in [3.05, 3.63) is 0 Å². The molecular formula is C27H55N3P+. The predicted octanol–water partition coefficient (Wildman–Crippen LogP) is 9.25. The van der Waals surface area contributed by atoms with Crippen LogP contribution in [0.1, 0.15) is 136 Å². The fourth-order valence-corrected chi connectivity index (χ4v) is 7.81. The summed E-state index contributed by atoms with van der Waals surface area (Å²) >= 11 is 0. The van der Waals surface area contributed by atoms with Crippen LogP contribution in [0.2, 0.25) is 0 Å². The molecule has 1 N–H and O–H groups in total. The summed E-state index contributed by atoms with van der Waals surface area (Å²) in [4.78, 5) is 0. The number of unbranched alkanes of at least 4 members (excludes halogenated alkanes) is 15. The van der Waals surface area contributed by atoms with Gasteiger partial charge in [0.15, 0.2) is 12.4 Å². The van der Waals surface area contributed by atoms with Crippen LogP contribution >= 0.6 is 7.26 Å². The van der Waals surface area contributed by atoms with Crippen molar-refractivity contribution in [1.82, 2.24) is 5.32 Å². The van der Waals surface area contributed by atoms with Gasteiger partial charge in [0.25, 0.3) is 0 Å². The van der Waals surface area contributed by atoms with Gasteiger partial charge in [0, 0.05) is 13.9 Å². The minimum Gasteiger partial charge on any atom is -0.229 e. The van der Waals surface area contributed by atoms with E-state index in [2.05, 4.69) is 27.4 Å². The summed E-state index contributed by atoms with van der Waals surface area (Å²) in [6.07, 6.45) is 34.1. The zero-order valence-electron chi connectivity index (χ0n) is 21.7. The van der Waals surface area contributed by atoms with E-state index in [1.54, 1.807) is 23.8 Å². The van der Waals surface area contributed by atoms with Crippen LogP contribution in [-0.4, -0.2) is 25.2 Å². The van der Waals surface area contributed by atoms with Gasteiger partial charge in [0.2, 0.25) is 0 Å². The first-order valence-corrected chi connectivity index (χ1v) is 16.3. The fraction of sp³-hybridized carbons (Fsp3) is 0.926. The predicted molar refractivity (Wildman–Crippen MR) is 142 cm³/mol. The van der Waals surface area contributed by atoms with Gasteiger partial charge in [-0.1, -0.05) is 97.8 Å². The van der Waals surface area contributed by atoms with Crippen molar-refractivity contribution >= 4 is 7.26 Å². The smallest absolute Gasteiger partial charge is 0.190 e. The Morgan fingerprint density at radius 3 is 0.968 bits per heavy atom. The molecule has 0 saturated heterocycles. The van der Waals surface area contributed by atoms with Crippen molar-refractivity contribution in [2.75, 3.05) is 25.2 Å². The van der Waals surface area contributed by atoms with Gasteiger partial charge in [-0.15, -0.1) is 0 Å². The van der Waals surface area contributed by atoms with Crippen molar-refractivity contribution in [3.8, 4) is 12.4 Å². The lowest BCUT2D eigenvalue weighted by molar-refractivity contribution is 0.616. The summed E-state index contributed by atoms with van der Waals surface area (Å²) in [6, 6.07) is 0. The lowest BCUT2D eigenvalue weighted by Crippen LogP contribution is -2.08. The van der Waals surface area contributed by atoms with Gasteiger partial charge in [-0.25, -0.2) is 5.32 Å². The molecule has 0 aliphatic heterocycles. The Labute approximate surface area is 197 Å². The van der Waals surface area contributed by atoms with Gasteiger partial charge in [0.05, 0.1) is 18.5 Å². The molecule has 0 aliphatic rings. The molecule has 0 amide bonds. The maximum atomic E-state index is 7.48. The summed E-state index contributed by atoms with van der Waals surface area (Å²) in [6.45, 7) is 9.70. The van der Waals surface area contributed by atoms with Crippen LogP contribution in [0.5, 0.6) is 0 Å². The van der Waals surface area contributed by atoms with Crippen LogP contribution in [0.15, 0.2) is 0 Å². The molecule has 0 spiro atoms. The summed E-state index contributed by atoms with van der Waals surface area (Å²) in [5, 5.41) is 16.7. The van der Waals surface area contributed by atoms with Gasteiger partial charge >= 0.3 is 0 Å². The van der Waals surface area contributed by atoms with Crippen LogP contribution in [0.3, 0.4) is 0 Å². The Kier molecular flexibility index (Phi) is 28.5. The molecule has 0 aromatic rings. The topological polar surface area (TPSA) is 59.6 Å². The summed E-state index contributed by atoms with van der Waals surface area (Å²) < 4.78 is 0. The molecule has 0 unspecified atom stereocenters. The molecule has 0 aromatic heterocycles. The van der Waals surface area contributed by atoms with Crippen LogP contribution in [0, 0.1) is 22.9 Å². The minimum atomic E-state index is -0.636. The quantitative estimate of drug-likeness (QED) is 0.0816. The third-order valence-electron chi connectivity index (χ3n) is 6.27. The molecule has 0 heterocycles. The van der Waals surface area contributed by atoms with Gasteiger partial charge in [0.1, 0.15) is 0 Å². The first-order valence-electron chi connectivity index (χ1n) is 13.5. The highest BCUT2D eigenvalue weighted by Crippen LogP contribution is 2.57. The highest BCUT2D eigenvalue weighted by Gasteiger charge is 2.29. The maximum Gasteiger partial charge on any atom is 0.190 e. The van der Waals surface area contributed by atoms with E-state index in [1.165, 1.54) is 128 Å². The van der Waals surface area contributed by atoms with Crippen LogP contribution < -0.4 is 5.32 Å². The number of hydrogen-bond donors (Lipinski definition) is 1. The monoisotopic (exact) mass is 452 g/mol. The lowest BCUT2D eigenvalue weighted by Gasteiger charge is -2.24. The molecule has 4 heteroatoms. The third kappa shape index (κ3) is 27.2. The Morgan fingerprint density at radius 2 is 0.742 bits per heavy atom. The van der Waals surface area contributed by atoms with E-state index in [9.17, 15) is 0 Å². The van der Waals surface area contributed by atoms with Gasteiger partial charge in [-0.05, 0) is 38.5 Å². The van der Waals surface area contributed by atoms with E-state index >= 15 is 0 Å². The van der Waals surface area contributed by atoms with Crippen LogP contribution in [-0.2, 0) is 0 Å². The molecule has 0 radical (unpaired) electrons. The lowest BCUT2D eigenvalue weighted by atomic mass is 10.1. The normalized spacial score (nSPS) is 10.6. The Hall–Kier alpha value is -0.790. The molecule has 0 rings (SSSR count). The van der Waals surface area contributed by atoms with Gasteiger partial charge in [-0.3, -0.25) is 0 Å². The molecule has 0 fully saturated rings. The molecule has 31 heavy (non-hydrogen) atoms. The van der Waals surface area contributed by atoms with E-state index in [-0.39, 0.29) is 0 Å². The second-order valence-electron chi connectivity index (χ2n) is 9.44. The van der Waals surface area contributed by atoms with Crippen molar-refractivity contribution < 1.29 is 0 Å². The molecule has 0 atom stereocenters. The molecule has 0 bridgehead atoms. The zero-order valence-corrected chi connectivity index (χ0v) is 22.6. The number of nitrogens with one attached hydrogen (secondary N) is 1. The zero-order chi connectivity index (χ0) is 23.5. The molecule has 0 saturated carbocycles. The average Bonchev–Trinajstić information content (AvgIpc) is 2.77. The van der Waals surface area contributed by atoms with Crippen molar-refractivity contribution in [3.63, 3.8) is 0 Å². The van der Waals surface area contributed by atoms with Crippen LogP contribution in [0.25, 0.3) is 0 Å². The minimum absolute atomic E-state index is 0.636. The van der Waals surface area contributed by atoms with Crippen molar-refractivity contribution in [1.29, 1.82) is 10.5 Å². The van der Waals surface area contributed by atoms with E-state index in [0.717, 1.165) is 0 Å². The molecule has 3 nitrogen and oxygen atoms in total. The Morgan fingerprint density at radius 1 is 0.484 bits per heavy atom. The Balaban J connectivity index is 0. The van der Waals surface area contributed by atoms with E-state index in [1.807, 2.05) is 0 Å². The fourth-order valence-electron chi connectivity index (χ4n) is 4.18. The second kappa shape index (κ2) is 27.2. The van der Waals surface area contributed by atoms with Gasteiger partial charge < -0.3 is 0 Å². The van der Waals surface area contributed by atoms with Gasteiger partial charge in [-0.2, -0.15) is 10.5 Å². The maximum absolute atomic E-state index is 7.48. The Bertz CT molecular complexity index is 372. The van der Waals surface area contributed by atoms with Crippen LogP contribution in [0.4, 0.5) is 0 Å². The van der Waals surface area contributed by atoms with E-state index < -0.39 is 7.26 Å². The first-order chi connectivity index (χ1) is 15.1. The number of rotatable bonds is 21. The van der Waals surface area contributed by atoms with E-state index in [0.29, 0.717) is 0 Å². The first kappa shape index (κ1) is 32.4. The molecule has 0 aromatic carbocycles. The summed E-state index contributed by atoms with van der Waals surface area (Å²) in [5.74, 6) is 0. The van der Waals surface area contributed by atoms with E-state index in [4.69, 9.17) is 10.5 Å². The number of nitrogens with zero attached hydrogens (tertiary/aromatic N) is 2. The molecule has 0 aliphatic carbocycles. The highest BCUT2D eigenvalue weighted by molar-refractivity contribution is 7.75. The SMILES string of the molecule is CCCCCCCC[P+](C)(CCCCCCCC)CCCCCCCC.N#CNC#N. The van der Waals surface area contributed by atoms with Crippen molar-refractivity contribution in [2.45, 2.75) is 136 Å². The standard InChI is InChI=1S/C25H54P.C2HN3/c1-5-8-11-14-17-20-23-26(4,24-21-18-15-12-9-6-2)25-22-19-16-13-10-7-3;3-1-5-2-4/h5-25H2,1-4H3;5H/q+1;. The third-order valence-corrected chi connectivity index (χ3v) is 10.5. The highest BCUT2D eigenvalue weighted by atomic mass is 31.2. The summed E-state index contributed by atoms with van der Waals surface area (Å²) in [7, 11) is -0.636. The van der Waals surface area contributed by atoms with Crippen molar-refractivity contribution in [2.24, 2.45) is 0 Å². The number of nitriles is 2. The second-order valence-corrected chi connectivity index (χ2v) is 14.0.